The van der Waals surface area contributed by atoms with Crippen LogP contribution in [0, 0.1) is 11.3 Å². The Balaban J connectivity index is 2.45. The van der Waals surface area contributed by atoms with E-state index in [1.165, 1.54) is 10.7 Å². The number of H-pyrrole nitrogens is 1. The Morgan fingerprint density at radius 1 is 1.29 bits per heavy atom. The molecule has 3 rings (SSSR count). The summed E-state index contributed by atoms with van der Waals surface area (Å²) >= 11 is 0. The maximum absolute atomic E-state index is 12.7. The normalized spacial score (nSPS) is 11.0. The summed E-state index contributed by atoms with van der Waals surface area (Å²) in [4.78, 5) is 16.7. The van der Waals surface area contributed by atoms with E-state index in [-0.39, 0.29) is 17.0 Å². The van der Waals surface area contributed by atoms with Crippen LogP contribution in [0.2, 0.25) is 0 Å². The number of fused-ring (bicyclic) bond motifs is 1. The topological polar surface area (TPSA) is 73.9 Å². The lowest BCUT2D eigenvalue weighted by Gasteiger charge is -2.13. The van der Waals surface area contributed by atoms with Crippen molar-refractivity contribution < 1.29 is 0 Å². The largest absolute Gasteiger partial charge is 0.291 e. The lowest BCUT2D eigenvalue weighted by atomic mass is 9.97. The molecule has 0 fully saturated rings. The van der Waals surface area contributed by atoms with Crippen LogP contribution in [-0.4, -0.2) is 14.6 Å². The SMILES string of the molecule is CC(C)c1c(-c2ccccc2)[nH]n2c(C#N)cnc2c1=O. The summed E-state index contributed by atoms with van der Waals surface area (Å²) in [6.45, 7) is 3.95. The fraction of sp³-hybridized carbons (Fsp3) is 0.188. The van der Waals surface area contributed by atoms with E-state index in [9.17, 15) is 4.79 Å². The molecule has 0 bridgehead atoms. The smallest absolute Gasteiger partial charge is 0.228 e. The van der Waals surface area contributed by atoms with Crippen molar-refractivity contribution in [3.63, 3.8) is 0 Å². The van der Waals surface area contributed by atoms with Crippen LogP contribution in [0.4, 0.5) is 0 Å². The van der Waals surface area contributed by atoms with Gasteiger partial charge in [-0.25, -0.2) is 9.50 Å². The summed E-state index contributed by atoms with van der Waals surface area (Å²) in [6, 6.07) is 11.7. The molecule has 0 unspecified atom stereocenters. The summed E-state index contributed by atoms with van der Waals surface area (Å²) in [5.41, 5.74) is 2.77. The number of hydrogen-bond acceptors (Lipinski definition) is 3. The molecule has 0 saturated carbocycles. The maximum atomic E-state index is 12.7. The Kier molecular flexibility index (Phi) is 3.07. The Hall–Kier alpha value is -2.87. The van der Waals surface area contributed by atoms with E-state index in [1.54, 1.807) is 0 Å². The van der Waals surface area contributed by atoms with Gasteiger partial charge in [-0.05, 0) is 11.5 Å². The predicted octanol–water partition coefficient (Wildman–Crippen LogP) is 2.68. The highest BCUT2D eigenvalue weighted by atomic mass is 16.1. The van der Waals surface area contributed by atoms with E-state index in [0.29, 0.717) is 11.3 Å². The monoisotopic (exact) mass is 278 g/mol. The third-order valence-electron chi connectivity index (χ3n) is 3.46. The van der Waals surface area contributed by atoms with E-state index >= 15 is 0 Å². The summed E-state index contributed by atoms with van der Waals surface area (Å²) < 4.78 is 1.45. The van der Waals surface area contributed by atoms with Gasteiger partial charge in [0.2, 0.25) is 11.1 Å². The Bertz CT molecular complexity index is 898. The van der Waals surface area contributed by atoms with Gasteiger partial charge in [0, 0.05) is 5.56 Å². The van der Waals surface area contributed by atoms with Gasteiger partial charge in [-0.3, -0.25) is 9.89 Å². The van der Waals surface area contributed by atoms with Crippen LogP contribution >= 0.6 is 0 Å². The first kappa shape index (κ1) is 13.1. The van der Waals surface area contributed by atoms with Crippen molar-refractivity contribution in [1.29, 1.82) is 5.26 Å². The van der Waals surface area contributed by atoms with Crippen LogP contribution in [-0.2, 0) is 0 Å². The second kappa shape index (κ2) is 4.91. The summed E-state index contributed by atoms with van der Waals surface area (Å²) in [5, 5.41) is 12.3. The van der Waals surface area contributed by atoms with Gasteiger partial charge in [0.1, 0.15) is 6.07 Å². The van der Waals surface area contributed by atoms with Gasteiger partial charge >= 0.3 is 0 Å². The van der Waals surface area contributed by atoms with Crippen LogP contribution in [0.5, 0.6) is 0 Å². The maximum Gasteiger partial charge on any atom is 0.228 e. The van der Waals surface area contributed by atoms with Crippen molar-refractivity contribution in [1.82, 2.24) is 14.6 Å². The van der Waals surface area contributed by atoms with Crippen molar-refractivity contribution in [2.24, 2.45) is 0 Å². The average Bonchev–Trinajstić information content (AvgIpc) is 2.91. The van der Waals surface area contributed by atoms with Crippen LogP contribution in [0.25, 0.3) is 16.9 Å². The van der Waals surface area contributed by atoms with E-state index in [2.05, 4.69) is 10.1 Å². The molecular weight excluding hydrogens is 264 g/mol. The molecular formula is C16H14N4O. The number of benzene rings is 1. The molecule has 0 radical (unpaired) electrons. The van der Waals surface area contributed by atoms with Crippen molar-refractivity contribution in [2.45, 2.75) is 19.8 Å². The molecule has 5 nitrogen and oxygen atoms in total. The molecule has 21 heavy (non-hydrogen) atoms. The third-order valence-corrected chi connectivity index (χ3v) is 3.46. The fourth-order valence-corrected chi connectivity index (χ4v) is 2.49. The zero-order valence-electron chi connectivity index (χ0n) is 11.8. The van der Waals surface area contributed by atoms with Gasteiger partial charge in [-0.15, -0.1) is 0 Å². The average molecular weight is 278 g/mol. The molecule has 0 aliphatic carbocycles. The second-order valence-electron chi connectivity index (χ2n) is 5.16. The molecule has 0 spiro atoms. The van der Waals surface area contributed by atoms with Crippen LogP contribution in [0.1, 0.15) is 31.0 Å². The minimum Gasteiger partial charge on any atom is -0.291 e. The van der Waals surface area contributed by atoms with E-state index in [1.807, 2.05) is 50.2 Å². The van der Waals surface area contributed by atoms with Crippen molar-refractivity contribution >= 4 is 5.65 Å². The van der Waals surface area contributed by atoms with E-state index < -0.39 is 0 Å². The van der Waals surface area contributed by atoms with Gasteiger partial charge in [-0.2, -0.15) is 5.26 Å². The van der Waals surface area contributed by atoms with Gasteiger partial charge < -0.3 is 0 Å². The van der Waals surface area contributed by atoms with Gasteiger partial charge in [0.05, 0.1) is 11.9 Å². The first-order valence-electron chi connectivity index (χ1n) is 6.72. The second-order valence-corrected chi connectivity index (χ2v) is 5.16. The Morgan fingerprint density at radius 2 is 2.00 bits per heavy atom. The van der Waals surface area contributed by atoms with E-state index in [4.69, 9.17) is 5.26 Å². The van der Waals surface area contributed by atoms with Gasteiger partial charge in [-0.1, -0.05) is 44.2 Å². The number of aromatic amines is 1. The lowest BCUT2D eigenvalue weighted by molar-refractivity contribution is 0.821. The highest BCUT2D eigenvalue weighted by Gasteiger charge is 2.18. The van der Waals surface area contributed by atoms with Gasteiger partial charge in [0.25, 0.3) is 0 Å². The predicted molar refractivity (Wildman–Crippen MR) is 80.1 cm³/mol. The number of rotatable bonds is 2. The molecule has 5 heteroatoms. The minimum absolute atomic E-state index is 0.0520. The fourth-order valence-electron chi connectivity index (χ4n) is 2.49. The number of nitrogens with zero attached hydrogens (tertiary/aromatic N) is 3. The summed E-state index contributed by atoms with van der Waals surface area (Å²) in [6.07, 6.45) is 1.41. The molecule has 2 aromatic heterocycles. The molecule has 0 saturated heterocycles. The number of nitrogens with one attached hydrogen (secondary N) is 1. The molecule has 2 heterocycles. The summed E-state index contributed by atoms with van der Waals surface area (Å²) in [5.74, 6) is 0.0520. The third kappa shape index (κ3) is 2.01. The zero-order valence-corrected chi connectivity index (χ0v) is 11.8. The Labute approximate surface area is 121 Å². The molecule has 3 aromatic rings. The zero-order chi connectivity index (χ0) is 15.0. The molecule has 104 valence electrons. The van der Waals surface area contributed by atoms with Crippen molar-refractivity contribution in [2.75, 3.05) is 0 Å². The Morgan fingerprint density at radius 3 is 2.62 bits per heavy atom. The molecule has 0 atom stereocenters. The minimum atomic E-state index is -0.135. The highest BCUT2D eigenvalue weighted by molar-refractivity contribution is 5.65. The molecule has 0 aliphatic heterocycles. The molecule has 1 aromatic carbocycles. The van der Waals surface area contributed by atoms with E-state index in [0.717, 1.165) is 11.3 Å². The first-order valence-corrected chi connectivity index (χ1v) is 6.72. The molecule has 0 aliphatic rings. The number of aromatic nitrogens is 3. The molecule has 0 amide bonds. The van der Waals surface area contributed by atoms with Crippen molar-refractivity contribution in [3.05, 3.63) is 58.0 Å². The van der Waals surface area contributed by atoms with Crippen LogP contribution in [0.15, 0.2) is 41.3 Å². The summed E-state index contributed by atoms with van der Waals surface area (Å²) in [7, 11) is 0. The van der Waals surface area contributed by atoms with Crippen LogP contribution in [0.3, 0.4) is 0 Å². The van der Waals surface area contributed by atoms with Gasteiger partial charge in [0.15, 0.2) is 5.69 Å². The van der Waals surface area contributed by atoms with Crippen molar-refractivity contribution in [3.8, 4) is 17.3 Å². The first-order chi connectivity index (χ1) is 10.1. The molecule has 1 N–H and O–H groups in total. The lowest BCUT2D eigenvalue weighted by Crippen LogP contribution is -2.18. The standard InChI is InChI=1S/C16H14N4O/c1-10(2)13-14(11-6-4-3-5-7-11)19-20-12(8-17)9-18-16(20)15(13)21/h3-7,9-10,19H,1-2H3. The number of imidazole rings is 1. The number of hydrogen-bond donors (Lipinski definition) is 1. The highest BCUT2D eigenvalue weighted by Crippen LogP contribution is 2.25. The van der Waals surface area contributed by atoms with Crippen LogP contribution < -0.4 is 5.43 Å². The quantitative estimate of drug-likeness (QED) is 0.783. The number of nitriles is 1.